The van der Waals surface area contributed by atoms with Crippen LogP contribution >= 0.6 is 11.3 Å². The van der Waals surface area contributed by atoms with Gasteiger partial charge in [0.2, 0.25) is 15.9 Å². The van der Waals surface area contributed by atoms with Crippen molar-refractivity contribution in [2.75, 3.05) is 5.32 Å². The van der Waals surface area contributed by atoms with E-state index in [2.05, 4.69) is 10.0 Å². The van der Waals surface area contributed by atoms with E-state index in [0.717, 1.165) is 4.88 Å². The van der Waals surface area contributed by atoms with Crippen molar-refractivity contribution in [3.05, 3.63) is 46.7 Å². The topological polar surface area (TPSA) is 75.3 Å². The monoisotopic (exact) mass is 366 g/mol. The maximum atomic E-state index is 12.3. The average Bonchev–Trinajstić information content (AvgIpc) is 2.96. The van der Waals surface area contributed by atoms with Crippen LogP contribution in [-0.2, 0) is 21.2 Å². The second-order valence-electron chi connectivity index (χ2n) is 6.51. The Morgan fingerprint density at radius 2 is 1.92 bits per heavy atom. The zero-order valence-electron chi connectivity index (χ0n) is 14.0. The summed E-state index contributed by atoms with van der Waals surface area (Å²) in [5, 5.41) is 4.73. The Morgan fingerprint density at radius 3 is 2.54 bits per heavy atom. The summed E-state index contributed by atoms with van der Waals surface area (Å²) in [4.78, 5) is 13.3. The first kappa shape index (κ1) is 18.6. The van der Waals surface area contributed by atoms with Gasteiger partial charge < -0.3 is 5.32 Å². The van der Waals surface area contributed by atoms with Crippen LogP contribution in [0.3, 0.4) is 0 Å². The molecule has 0 aliphatic carbocycles. The number of hydrogen-bond donors (Lipinski definition) is 2. The van der Waals surface area contributed by atoms with Crippen LogP contribution in [0.15, 0.2) is 46.7 Å². The van der Waals surface area contributed by atoms with Crippen molar-refractivity contribution < 1.29 is 13.2 Å². The second-order valence-corrected chi connectivity index (χ2v) is 9.23. The highest BCUT2D eigenvalue weighted by Gasteiger charge is 2.22. The summed E-state index contributed by atoms with van der Waals surface area (Å²) < 4.78 is 27.3. The number of anilines is 1. The second kappa shape index (κ2) is 7.46. The predicted octanol–water partition coefficient (Wildman–Crippen LogP) is 3.40. The zero-order chi connectivity index (χ0) is 17.8. The maximum Gasteiger partial charge on any atom is 0.241 e. The summed E-state index contributed by atoms with van der Waals surface area (Å²) in [6, 6.07) is 10.2. The van der Waals surface area contributed by atoms with E-state index in [4.69, 9.17) is 0 Å². The molecule has 0 saturated carbocycles. The lowest BCUT2D eigenvalue weighted by molar-refractivity contribution is -0.116. The van der Waals surface area contributed by atoms with Crippen molar-refractivity contribution in [3.63, 3.8) is 0 Å². The number of carbonyl (C=O) groups is 1. The van der Waals surface area contributed by atoms with Gasteiger partial charge in [0.05, 0.1) is 4.90 Å². The molecule has 5 nitrogen and oxygen atoms in total. The van der Waals surface area contributed by atoms with Crippen molar-refractivity contribution in [3.8, 4) is 0 Å². The van der Waals surface area contributed by atoms with Gasteiger partial charge in [0, 0.05) is 22.5 Å². The van der Waals surface area contributed by atoms with Gasteiger partial charge in [-0.15, -0.1) is 11.3 Å². The van der Waals surface area contributed by atoms with Gasteiger partial charge in [0.1, 0.15) is 0 Å². The molecule has 0 aliphatic rings. The van der Waals surface area contributed by atoms with E-state index < -0.39 is 15.6 Å². The fraction of sp³-hybridized carbons (Fsp3) is 0.353. The molecule has 0 aliphatic heterocycles. The highest BCUT2D eigenvalue weighted by atomic mass is 32.2. The largest absolute Gasteiger partial charge is 0.326 e. The number of carbonyl (C=O) groups excluding carboxylic acids is 1. The van der Waals surface area contributed by atoms with E-state index in [-0.39, 0.29) is 10.8 Å². The number of amides is 1. The van der Waals surface area contributed by atoms with Gasteiger partial charge in [-0.25, -0.2) is 13.1 Å². The number of benzene rings is 1. The SMILES string of the molecule is CC(C)(C)NS(=O)(=O)c1cccc(NC(=O)CCc2cccs2)c1. The summed E-state index contributed by atoms with van der Waals surface area (Å²) in [5.41, 5.74) is -0.0957. The highest BCUT2D eigenvalue weighted by molar-refractivity contribution is 7.89. The maximum absolute atomic E-state index is 12.3. The van der Waals surface area contributed by atoms with Crippen LogP contribution in [-0.4, -0.2) is 19.9 Å². The van der Waals surface area contributed by atoms with E-state index in [1.165, 1.54) is 12.1 Å². The van der Waals surface area contributed by atoms with E-state index >= 15 is 0 Å². The molecular formula is C17H22N2O3S2. The van der Waals surface area contributed by atoms with Gasteiger partial charge in [-0.2, -0.15) is 0 Å². The van der Waals surface area contributed by atoms with Crippen molar-refractivity contribution in [2.24, 2.45) is 0 Å². The molecule has 2 rings (SSSR count). The van der Waals surface area contributed by atoms with Crippen LogP contribution in [0, 0.1) is 0 Å². The molecule has 0 atom stereocenters. The molecule has 0 unspecified atom stereocenters. The number of rotatable bonds is 6. The first-order valence-electron chi connectivity index (χ1n) is 7.62. The first-order chi connectivity index (χ1) is 11.2. The minimum absolute atomic E-state index is 0.133. The smallest absolute Gasteiger partial charge is 0.241 e. The van der Waals surface area contributed by atoms with Crippen LogP contribution < -0.4 is 10.0 Å². The number of sulfonamides is 1. The lowest BCUT2D eigenvalue weighted by Gasteiger charge is -2.20. The number of hydrogen-bond acceptors (Lipinski definition) is 4. The molecule has 0 saturated heterocycles. The molecule has 7 heteroatoms. The van der Waals surface area contributed by atoms with E-state index in [9.17, 15) is 13.2 Å². The van der Waals surface area contributed by atoms with E-state index in [0.29, 0.717) is 18.5 Å². The summed E-state index contributed by atoms with van der Waals surface area (Å²) in [6.07, 6.45) is 1.03. The third-order valence-electron chi connectivity index (χ3n) is 3.05. The molecule has 1 amide bonds. The third-order valence-corrected chi connectivity index (χ3v) is 5.74. The van der Waals surface area contributed by atoms with Gasteiger partial charge >= 0.3 is 0 Å². The quantitative estimate of drug-likeness (QED) is 0.823. The number of thiophene rings is 1. The third kappa shape index (κ3) is 5.74. The molecule has 1 aromatic carbocycles. The summed E-state index contributed by atoms with van der Waals surface area (Å²) in [7, 11) is -3.62. The Kier molecular flexibility index (Phi) is 5.79. The van der Waals surface area contributed by atoms with Gasteiger partial charge in [-0.3, -0.25) is 4.79 Å². The Bertz CT molecular complexity index is 791. The highest BCUT2D eigenvalue weighted by Crippen LogP contribution is 2.18. The molecule has 24 heavy (non-hydrogen) atoms. The Morgan fingerprint density at radius 1 is 1.17 bits per heavy atom. The molecule has 1 aromatic heterocycles. The van der Waals surface area contributed by atoms with Gasteiger partial charge in [0.25, 0.3) is 0 Å². The Balaban J connectivity index is 2.03. The molecule has 1 heterocycles. The van der Waals surface area contributed by atoms with Crippen LogP contribution in [0.5, 0.6) is 0 Å². The summed E-state index contributed by atoms with van der Waals surface area (Å²) in [6.45, 7) is 5.34. The first-order valence-corrected chi connectivity index (χ1v) is 9.98. The zero-order valence-corrected chi connectivity index (χ0v) is 15.6. The fourth-order valence-corrected chi connectivity index (χ4v) is 4.29. The molecule has 0 fully saturated rings. The van der Waals surface area contributed by atoms with Gasteiger partial charge in [0.15, 0.2) is 0 Å². The van der Waals surface area contributed by atoms with Crippen LogP contribution in [0.2, 0.25) is 0 Å². The normalized spacial score (nSPS) is 12.1. The summed E-state index contributed by atoms with van der Waals surface area (Å²) in [5.74, 6) is -0.137. The lowest BCUT2D eigenvalue weighted by atomic mass is 10.1. The Hall–Kier alpha value is -1.70. The summed E-state index contributed by atoms with van der Waals surface area (Å²) >= 11 is 1.61. The number of aryl methyl sites for hydroxylation is 1. The molecule has 0 bridgehead atoms. The molecule has 130 valence electrons. The molecule has 2 aromatic rings. The van der Waals surface area contributed by atoms with Crippen LogP contribution in [0.25, 0.3) is 0 Å². The van der Waals surface area contributed by atoms with Crippen LogP contribution in [0.4, 0.5) is 5.69 Å². The van der Waals surface area contributed by atoms with Gasteiger partial charge in [-0.1, -0.05) is 12.1 Å². The molecule has 2 N–H and O–H groups in total. The standard InChI is InChI=1S/C17H22N2O3S2/c1-17(2,3)19-24(21,22)15-8-4-6-13(12-15)18-16(20)10-9-14-7-5-11-23-14/h4-8,11-12,19H,9-10H2,1-3H3,(H,18,20). The lowest BCUT2D eigenvalue weighted by Crippen LogP contribution is -2.40. The minimum Gasteiger partial charge on any atom is -0.326 e. The molecule has 0 radical (unpaired) electrons. The fourth-order valence-electron chi connectivity index (χ4n) is 2.12. The minimum atomic E-state index is -3.62. The number of nitrogens with one attached hydrogen (secondary N) is 2. The van der Waals surface area contributed by atoms with Crippen LogP contribution in [0.1, 0.15) is 32.1 Å². The van der Waals surface area contributed by atoms with Crippen molar-refractivity contribution in [1.29, 1.82) is 0 Å². The predicted molar refractivity (Wildman–Crippen MR) is 97.8 cm³/mol. The van der Waals surface area contributed by atoms with E-state index in [1.807, 2.05) is 17.5 Å². The average molecular weight is 367 g/mol. The molecule has 0 spiro atoms. The van der Waals surface area contributed by atoms with Crippen molar-refractivity contribution in [2.45, 2.75) is 44.0 Å². The van der Waals surface area contributed by atoms with Crippen molar-refractivity contribution >= 4 is 33.0 Å². The van der Waals surface area contributed by atoms with Gasteiger partial charge in [-0.05, 0) is 56.8 Å². The van der Waals surface area contributed by atoms with Crippen molar-refractivity contribution in [1.82, 2.24) is 4.72 Å². The molecular weight excluding hydrogens is 344 g/mol. The van der Waals surface area contributed by atoms with E-state index in [1.54, 1.807) is 44.2 Å². The Labute approximate surface area is 147 Å².